The molecule has 3 unspecified atom stereocenters. The average molecular weight is 1180 g/mol. The molecule has 0 bridgehead atoms. The molecule has 0 aliphatic rings. The number of nitrogens with one attached hydrogen (secondary N) is 1. The van der Waals surface area contributed by atoms with Gasteiger partial charge in [0.25, 0.3) is 7.82 Å². The Hall–Kier alpha value is -2.32. The number of phosphoric ester groups is 1. The van der Waals surface area contributed by atoms with E-state index in [0.29, 0.717) is 17.4 Å². The van der Waals surface area contributed by atoms with Crippen LogP contribution in [0.1, 0.15) is 328 Å². The summed E-state index contributed by atoms with van der Waals surface area (Å²) in [6.07, 6.45) is 91.3. The van der Waals surface area contributed by atoms with Crippen LogP contribution in [0, 0.1) is 0 Å². The Morgan fingerprint density at radius 3 is 1.07 bits per heavy atom. The van der Waals surface area contributed by atoms with Gasteiger partial charge in [-0.05, 0) is 70.6 Å². The normalized spacial score (nSPS) is 14.2. The minimum atomic E-state index is -4.61. The molecule has 0 fully saturated rings. The molecule has 0 heterocycles. The van der Waals surface area contributed by atoms with Gasteiger partial charge < -0.3 is 28.8 Å². The second-order valence-corrected chi connectivity index (χ2v) is 26.6. The lowest BCUT2D eigenvalue weighted by Crippen LogP contribution is -2.45. The number of quaternary nitrogens is 1. The van der Waals surface area contributed by atoms with Crippen molar-refractivity contribution >= 4 is 13.7 Å². The first-order valence-electron chi connectivity index (χ1n) is 35.4. The number of unbranched alkanes of at least 4 members (excludes halogenated alkanes) is 40. The molecule has 0 aliphatic heterocycles. The fraction of sp³-hybridized carbons (Fsp3) is 0.797. The van der Waals surface area contributed by atoms with Gasteiger partial charge in [-0.3, -0.25) is 9.36 Å². The lowest BCUT2D eigenvalue weighted by molar-refractivity contribution is -0.870. The van der Waals surface area contributed by atoms with Crippen LogP contribution in [0.15, 0.2) is 85.1 Å². The molecule has 0 rings (SSSR count). The van der Waals surface area contributed by atoms with Gasteiger partial charge >= 0.3 is 0 Å². The van der Waals surface area contributed by atoms with E-state index in [1.165, 1.54) is 231 Å². The number of aliphatic hydroxyl groups is 1. The third kappa shape index (κ3) is 67.1. The fourth-order valence-corrected chi connectivity index (χ4v) is 11.1. The molecule has 0 spiro atoms. The lowest BCUT2D eigenvalue weighted by Gasteiger charge is -2.29. The first kappa shape index (κ1) is 80.7. The molecule has 0 aromatic heterocycles. The molecule has 0 radical (unpaired) electrons. The van der Waals surface area contributed by atoms with E-state index in [1.807, 2.05) is 27.2 Å². The summed E-state index contributed by atoms with van der Waals surface area (Å²) < 4.78 is 23.5. The maximum atomic E-state index is 13.0. The van der Waals surface area contributed by atoms with Gasteiger partial charge in [0.2, 0.25) is 5.91 Å². The van der Waals surface area contributed by atoms with Crippen LogP contribution in [0.2, 0.25) is 0 Å². The quantitative estimate of drug-likeness (QED) is 0.0272. The van der Waals surface area contributed by atoms with E-state index in [1.54, 1.807) is 6.08 Å². The number of phosphoric acid groups is 1. The van der Waals surface area contributed by atoms with E-state index in [-0.39, 0.29) is 19.1 Å². The van der Waals surface area contributed by atoms with E-state index in [0.717, 1.165) is 77.0 Å². The van der Waals surface area contributed by atoms with E-state index < -0.39 is 20.0 Å². The van der Waals surface area contributed by atoms with Crippen molar-refractivity contribution in [3.05, 3.63) is 85.1 Å². The summed E-state index contributed by atoms with van der Waals surface area (Å²) in [5, 5.41) is 14.0. The summed E-state index contributed by atoms with van der Waals surface area (Å²) in [4.78, 5) is 25.6. The maximum absolute atomic E-state index is 13.0. The lowest BCUT2D eigenvalue weighted by atomic mass is 10.0. The standard InChI is InChI=1S/C74H137N2O6P/c1-6-8-10-12-14-16-18-20-22-24-26-28-30-32-34-36-38-40-42-44-46-48-50-52-54-56-58-60-62-64-66-68-74(78)75-72(71-82-83(79,80)81-70-69-76(3,4)5)73(77)67-65-63-61-59-57-55-53-51-49-47-45-43-41-39-37-35-33-31-29-27-25-23-21-19-17-15-13-11-9-7-2/h8,10,14,16,20,22,26,28,32,34,38,40,65,67,72-73,77H,6-7,9,11-13,15,17-19,21,23-25,27,29-31,33,35-37,39,41-64,66,68-71H2,1-5H3,(H-,75,78,79,80)/b10-8-,16-14-,22-20-,28-26-,34-32-,40-38-,67-65+. The van der Waals surface area contributed by atoms with Gasteiger partial charge in [-0.25, -0.2) is 0 Å². The van der Waals surface area contributed by atoms with Crippen LogP contribution >= 0.6 is 7.82 Å². The number of allylic oxidation sites excluding steroid dienone is 13. The molecule has 8 nitrogen and oxygen atoms in total. The Kier molecular flexibility index (Phi) is 62.4. The van der Waals surface area contributed by atoms with Crippen LogP contribution in [0.25, 0.3) is 0 Å². The number of aliphatic hydroxyl groups excluding tert-OH is 1. The molecular weight excluding hydrogens is 1040 g/mol. The largest absolute Gasteiger partial charge is 0.756 e. The van der Waals surface area contributed by atoms with Crippen LogP contribution in [-0.4, -0.2) is 68.5 Å². The molecule has 0 saturated heterocycles. The third-order valence-electron chi connectivity index (χ3n) is 15.9. The predicted molar refractivity (Wildman–Crippen MR) is 362 cm³/mol. The summed E-state index contributed by atoms with van der Waals surface area (Å²) >= 11 is 0. The number of hydrogen-bond acceptors (Lipinski definition) is 6. The van der Waals surface area contributed by atoms with Gasteiger partial charge in [-0.2, -0.15) is 0 Å². The van der Waals surface area contributed by atoms with Crippen molar-refractivity contribution in [1.82, 2.24) is 5.32 Å². The number of likely N-dealkylation sites (N-methyl/N-ethyl adjacent to an activating group) is 1. The minimum Gasteiger partial charge on any atom is -0.756 e. The van der Waals surface area contributed by atoms with Crippen molar-refractivity contribution in [3.8, 4) is 0 Å². The summed E-state index contributed by atoms with van der Waals surface area (Å²) in [6.45, 7) is 4.57. The zero-order valence-electron chi connectivity index (χ0n) is 55.4. The molecule has 83 heavy (non-hydrogen) atoms. The highest BCUT2D eigenvalue weighted by Gasteiger charge is 2.23. The smallest absolute Gasteiger partial charge is 0.268 e. The monoisotopic (exact) mass is 1180 g/mol. The zero-order valence-corrected chi connectivity index (χ0v) is 56.3. The minimum absolute atomic E-state index is 0.00370. The molecule has 0 aromatic carbocycles. The van der Waals surface area contributed by atoms with Gasteiger partial charge in [-0.15, -0.1) is 0 Å². The number of rotatable bonds is 65. The highest BCUT2D eigenvalue weighted by atomic mass is 31.2. The van der Waals surface area contributed by atoms with Crippen LogP contribution in [0.5, 0.6) is 0 Å². The van der Waals surface area contributed by atoms with Crippen molar-refractivity contribution in [3.63, 3.8) is 0 Å². The van der Waals surface area contributed by atoms with Crippen LogP contribution in [0.4, 0.5) is 0 Å². The van der Waals surface area contributed by atoms with Crippen molar-refractivity contribution in [2.45, 2.75) is 341 Å². The van der Waals surface area contributed by atoms with E-state index in [4.69, 9.17) is 9.05 Å². The van der Waals surface area contributed by atoms with Crippen LogP contribution in [-0.2, 0) is 18.4 Å². The Balaban J connectivity index is 4.09. The van der Waals surface area contributed by atoms with Crippen molar-refractivity contribution in [2.24, 2.45) is 0 Å². The molecule has 0 saturated carbocycles. The van der Waals surface area contributed by atoms with Crippen LogP contribution in [0.3, 0.4) is 0 Å². The number of hydrogen-bond donors (Lipinski definition) is 2. The maximum Gasteiger partial charge on any atom is 0.268 e. The summed E-state index contributed by atoms with van der Waals surface area (Å²) in [6, 6.07) is -0.894. The van der Waals surface area contributed by atoms with Gasteiger partial charge in [0.05, 0.1) is 39.9 Å². The van der Waals surface area contributed by atoms with E-state index in [2.05, 4.69) is 92.1 Å². The number of carbonyl (C=O) groups is 1. The zero-order chi connectivity index (χ0) is 60.5. The first-order chi connectivity index (χ1) is 40.5. The van der Waals surface area contributed by atoms with E-state index >= 15 is 0 Å². The van der Waals surface area contributed by atoms with Gasteiger partial charge in [0.1, 0.15) is 13.2 Å². The van der Waals surface area contributed by atoms with Crippen molar-refractivity contribution < 1.29 is 32.9 Å². The number of carbonyl (C=O) groups excluding carboxylic acids is 1. The molecule has 1 amide bonds. The summed E-state index contributed by atoms with van der Waals surface area (Å²) in [7, 11) is 1.26. The molecule has 3 atom stereocenters. The molecule has 0 aromatic rings. The molecule has 9 heteroatoms. The second-order valence-electron chi connectivity index (χ2n) is 25.2. The molecule has 484 valence electrons. The third-order valence-corrected chi connectivity index (χ3v) is 16.8. The Bertz CT molecular complexity index is 1630. The highest BCUT2D eigenvalue weighted by molar-refractivity contribution is 7.45. The highest BCUT2D eigenvalue weighted by Crippen LogP contribution is 2.38. The van der Waals surface area contributed by atoms with Gasteiger partial charge in [0.15, 0.2) is 0 Å². The number of amides is 1. The molecule has 0 aliphatic carbocycles. The SMILES string of the molecule is CC/C=C\C/C=C\C/C=C\C/C=C\C/C=C\C/C=C\CCCCCCCCCCCCCCC(=O)NC(COP(=O)([O-])OCC[N+](C)(C)C)C(O)/C=C/CCCCCCCCCCCCCCCCCCCCCCCCCCCCCC. The Morgan fingerprint density at radius 1 is 0.434 bits per heavy atom. The molecular formula is C74H137N2O6P. The summed E-state index contributed by atoms with van der Waals surface area (Å²) in [5.41, 5.74) is 0. The fourth-order valence-electron chi connectivity index (χ4n) is 10.4. The van der Waals surface area contributed by atoms with E-state index in [9.17, 15) is 19.4 Å². The molecule has 2 N–H and O–H groups in total. The second kappa shape index (κ2) is 64.2. The van der Waals surface area contributed by atoms with Gasteiger partial charge in [0, 0.05) is 6.42 Å². The number of nitrogens with zero attached hydrogens (tertiary/aromatic N) is 1. The Morgan fingerprint density at radius 2 is 0.735 bits per heavy atom. The topological polar surface area (TPSA) is 108 Å². The summed E-state index contributed by atoms with van der Waals surface area (Å²) in [5.74, 6) is -0.198. The Labute approximate surface area is 516 Å². The van der Waals surface area contributed by atoms with Crippen molar-refractivity contribution in [2.75, 3.05) is 40.9 Å². The van der Waals surface area contributed by atoms with Gasteiger partial charge in [-0.1, -0.05) is 336 Å². The predicted octanol–water partition coefficient (Wildman–Crippen LogP) is 22.1. The van der Waals surface area contributed by atoms with Crippen molar-refractivity contribution in [1.29, 1.82) is 0 Å². The average Bonchev–Trinajstić information content (AvgIpc) is 3.49. The first-order valence-corrected chi connectivity index (χ1v) is 36.9. The van der Waals surface area contributed by atoms with Crippen LogP contribution < -0.4 is 10.2 Å².